The molecule has 1 atom stereocenters. The number of amides is 1. The molecule has 2 aliphatic heterocycles. The third kappa shape index (κ3) is 5.03. The first-order chi connectivity index (χ1) is 16.0. The zero-order valence-corrected chi connectivity index (χ0v) is 19.2. The fourth-order valence-electron chi connectivity index (χ4n) is 4.35. The maximum Gasteiger partial charge on any atom is 0.257 e. The van der Waals surface area contributed by atoms with Crippen molar-refractivity contribution >= 4 is 23.2 Å². The van der Waals surface area contributed by atoms with Crippen molar-refractivity contribution in [2.75, 3.05) is 32.7 Å². The van der Waals surface area contributed by atoms with Gasteiger partial charge in [-0.2, -0.15) is 5.10 Å². The molecule has 1 fully saturated rings. The summed E-state index contributed by atoms with van der Waals surface area (Å²) in [6.45, 7) is 6.37. The Kier molecular flexibility index (Phi) is 6.30. The van der Waals surface area contributed by atoms with Crippen LogP contribution in [0.2, 0.25) is 5.02 Å². The van der Waals surface area contributed by atoms with Crippen LogP contribution in [0.3, 0.4) is 0 Å². The number of piperazine rings is 1. The monoisotopic (exact) mass is 467 g/mol. The summed E-state index contributed by atoms with van der Waals surface area (Å²) >= 11 is 6.04. The molecule has 9 heteroatoms. The zero-order valence-electron chi connectivity index (χ0n) is 18.5. The number of furan rings is 1. The maximum atomic E-state index is 13.3. The number of hydrogen-bond donors (Lipinski definition) is 0. The second-order valence-corrected chi connectivity index (χ2v) is 8.94. The van der Waals surface area contributed by atoms with Gasteiger partial charge >= 0.3 is 0 Å². The number of benzene rings is 1. The van der Waals surface area contributed by atoms with Crippen molar-refractivity contribution in [3.63, 3.8) is 0 Å². The molecule has 0 radical (unpaired) electrons. The quantitative estimate of drug-likeness (QED) is 0.549. The van der Waals surface area contributed by atoms with E-state index in [-0.39, 0.29) is 11.9 Å². The second kappa shape index (κ2) is 9.51. The van der Waals surface area contributed by atoms with Gasteiger partial charge in [0.05, 0.1) is 24.2 Å². The lowest BCUT2D eigenvalue weighted by atomic mass is 10.0. The molecule has 33 heavy (non-hydrogen) atoms. The van der Waals surface area contributed by atoms with Crippen molar-refractivity contribution in [3.8, 4) is 0 Å². The Hall–Kier alpha value is -2.94. The van der Waals surface area contributed by atoms with Crippen molar-refractivity contribution in [1.29, 1.82) is 0 Å². The molecule has 2 aliphatic rings. The van der Waals surface area contributed by atoms with Crippen molar-refractivity contribution < 1.29 is 13.7 Å². The molecule has 8 nitrogen and oxygen atoms in total. The molecule has 0 bridgehead atoms. The molecule has 0 aliphatic carbocycles. The van der Waals surface area contributed by atoms with Gasteiger partial charge in [0.15, 0.2) is 0 Å². The highest BCUT2D eigenvalue weighted by molar-refractivity contribution is 6.30. The molecule has 0 N–H and O–H groups in total. The predicted molar refractivity (Wildman–Crippen MR) is 124 cm³/mol. The largest absolute Gasteiger partial charge is 0.467 e. The molecule has 0 unspecified atom stereocenters. The average Bonchev–Trinajstić information content (AvgIpc) is 3.56. The lowest BCUT2D eigenvalue weighted by Gasteiger charge is -2.34. The van der Waals surface area contributed by atoms with Crippen LogP contribution >= 0.6 is 11.6 Å². The van der Waals surface area contributed by atoms with Crippen molar-refractivity contribution in [2.45, 2.75) is 25.9 Å². The van der Waals surface area contributed by atoms with Crippen molar-refractivity contribution in [3.05, 3.63) is 76.5 Å². The topological polar surface area (TPSA) is 78.3 Å². The Labute approximate surface area is 197 Å². The number of hydrogen-bond acceptors (Lipinski definition) is 7. The smallest absolute Gasteiger partial charge is 0.257 e. The van der Waals surface area contributed by atoms with E-state index in [1.54, 1.807) is 11.3 Å². The summed E-state index contributed by atoms with van der Waals surface area (Å²) in [6, 6.07) is 13.0. The van der Waals surface area contributed by atoms with Gasteiger partial charge in [-0.1, -0.05) is 28.9 Å². The van der Waals surface area contributed by atoms with Crippen molar-refractivity contribution in [1.82, 2.24) is 20.0 Å². The Morgan fingerprint density at radius 1 is 1.12 bits per heavy atom. The molecule has 0 saturated carbocycles. The number of carbonyl (C=O) groups excluding carboxylic acids is 1. The van der Waals surface area contributed by atoms with Crippen LogP contribution in [0.1, 0.15) is 35.2 Å². The van der Waals surface area contributed by atoms with Gasteiger partial charge < -0.3 is 8.94 Å². The molecule has 172 valence electrons. The van der Waals surface area contributed by atoms with Gasteiger partial charge in [-0.25, -0.2) is 5.01 Å². The van der Waals surface area contributed by atoms with Gasteiger partial charge in [-0.3, -0.25) is 14.6 Å². The van der Waals surface area contributed by atoms with Gasteiger partial charge in [0.2, 0.25) is 0 Å². The Bertz CT molecular complexity index is 1120. The summed E-state index contributed by atoms with van der Waals surface area (Å²) in [4.78, 5) is 17.8. The van der Waals surface area contributed by atoms with E-state index in [4.69, 9.17) is 25.6 Å². The third-order valence-corrected chi connectivity index (χ3v) is 6.35. The normalized spacial score (nSPS) is 19.8. The van der Waals surface area contributed by atoms with Crippen molar-refractivity contribution in [2.24, 2.45) is 5.10 Å². The Morgan fingerprint density at radius 3 is 2.55 bits per heavy atom. The minimum Gasteiger partial charge on any atom is -0.467 e. The van der Waals surface area contributed by atoms with E-state index in [2.05, 4.69) is 15.0 Å². The maximum absolute atomic E-state index is 13.3. The first-order valence-corrected chi connectivity index (χ1v) is 11.5. The van der Waals surface area contributed by atoms with Crippen LogP contribution < -0.4 is 0 Å². The molecule has 3 aromatic rings. The van der Waals surface area contributed by atoms with Gasteiger partial charge in [0, 0.05) is 50.2 Å². The Morgan fingerprint density at radius 2 is 1.88 bits per heavy atom. The van der Waals surface area contributed by atoms with E-state index in [1.807, 2.05) is 49.4 Å². The van der Waals surface area contributed by atoms with E-state index in [0.717, 1.165) is 61.2 Å². The molecule has 1 aromatic carbocycles. The highest BCUT2D eigenvalue weighted by atomic mass is 35.5. The SMILES string of the molecule is Cc1cc(CN2CCN(CC(=O)N3N=C(c4ccc(Cl)cc4)C[C@@H]3c3ccco3)CC2)no1. The summed E-state index contributed by atoms with van der Waals surface area (Å²) in [7, 11) is 0. The van der Waals surface area contributed by atoms with Crippen LogP contribution in [-0.4, -0.2) is 64.3 Å². The van der Waals surface area contributed by atoms with Crippen LogP contribution in [0, 0.1) is 6.92 Å². The second-order valence-electron chi connectivity index (χ2n) is 8.51. The van der Waals surface area contributed by atoms with Gasteiger partial charge in [0.1, 0.15) is 17.6 Å². The number of carbonyl (C=O) groups is 1. The summed E-state index contributed by atoms with van der Waals surface area (Å²) in [5, 5.41) is 11.0. The zero-order chi connectivity index (χ0) is 22.8. The van der Waals surface area contributed by atoms with E-state index >= 15 is 0 Å². The van der Waals surface area contributed by atoms with Gasteiger partial charge in [-0.15, -0.1) is 0 Å². The fraction of sp³-hybridized carbons (Fsp3) is 0.375. The molecule has 0 spiro atoms. The highest BCUT2D eigenvalue weighted by Crippen LogP contribution is 2.33. The number of halogens is 1. The average molecular weight is 468 g/mol. The molecule has 5 rings (SSSR count). The van der Waals surface area contributed by atoms with Crippen LogP contribution in [0.5, 0.6) is 0 Å². The minimum atomic E-state index is -0.241. The first-order valence-electron chi connectivity index (χ1n) is 11.1. The van der Waals surface area contributed by atoms with E-state index in [1.165, 1.54) is 0 Å². The summed E-state index contributed by atoms with van der Waals surface area (Å²) in [5.74, 6) is 1.54. The minimum absolute atomic E-state index is 0.0269. The summed E-state index contributed by atoms with van der Waals surface area (Å²) < 4.78 is 10.8. The summed E-state index contributed by atoms with van der Waals surface area (Å²) in [6.07, 6.45) is 2.24. The van der Waals surface area contributed by atoms with Crippen LogP contribution in [0.15, 0.2) is 62.8 Å². The lowest BCUT2D eigenvalue weighted by Crippen LogP contribution is -2.49. The van der Waals surface area contributed by atoms with Gasteiger partial charge in [0.25, 0.3) is 5.91 Å². The molecule has 1 amide bonds. The fourth-order valence-corrected chi connectivity index (χ4v) is 4.48. The van der Waals surface area contributed by atoms with E-state index < -0.39 is 0 Å². The molecule has 2 aromatic heterocycles. The van der Waals surface area contributed by atoms with E-state index in [0.29, 0.717) is 18.0 Å². The number of nitrogens with zero attached hydrogens (tertiary/aromatic N) is 5. The van der Waals surface area contributed by atoms with Crippen LogP contribution in [-0.2, 0) is 11.3 Å². The Balaban J connectivity index is 1.23. The standard InChI is InChI=1S/C24H26ClN5O3/c1-17-13-20(27-33-17)15-28-8-10-29(11-9-28)16-24(31)30-22(23-3-2-12-32-23)14-21(26-30)18-4-6-19(25)7-5-18/h2-7,12-13,22H,8-11,14-16H2,1H3/t22-/m1/s1. The lowest BCUT2D eigenvalue weighted by molar-refractivity contribution is -0.135. The molecule has 1 saturated heterocycles. The van der Waals surface area contributed by atoms with Gasteiger partial charge in [-0.05, 0) is 36.8 Å². The third-order valence-electron chi connectivity index (χ3n) is 6.10. The number of hydrazone groups is 1. The molecular weight excluding hydrogens is 442 g/mol. The molecule has 4 heterocycles. The highest BCUT2D eigenvalue weighted by Gasteiger charge is 2.35. The first kappa shape index (κ1) is 21.9. The number of aromatic nitrogens is 1. The number of aryl methyl sites for hydroxylation is 1. The van der Waals surface area contributed by atoms with Crippen LogP contribution in [0.4, 0.5) is 0 Å². The van der Waals surface area contributed by atoms with E-state index in [9.17, 15) is 4.79 Å². The van der Waals surface area contributed by atoms with Crippen LogP contribution in [0.25, 0.3) is 0 Å². The number of rotatable bonds is 6. The molecular formula is C24H26ClN5O3. The summed E-state index contributed by atoms with van der Waals surface area (Å²) in [5.41, 5.74) is 2.76. The predicted octanol–water partition coefficient (Wildman–Crippen LogP) is 3.72.